The van der Waals surface area contributed by atoms with Crippen molar-refractivity contribution in [3.05, 3.63) is 57.6 Å². The highest BCUT2D eigenvalue weighted by Crippen LogP contribution is 2.35. The monoisotopic (exact) mass is 341 g/mol. The molecule has 0 amide bonds. The number of nitro groups is 1. The van der Waals surface area contributed by atoms with Gasteiger partial charge >= 0.3 is 6.18 Å². The molecule has 10 heteroatoms. The predicted octanol–water partition coefficient (Wildman–Crippen LogP) is 3.47. The number of alkyl halides is 3. The van der Waals surface area contributed by atoms with Gasteiger partial charge in [0.1, 0.15) is 17.2 Å². The van der Waals surface area contributed by atoms with Crippen LogP contribution in [0.2, 0.25) is 0 Å². The Morgan fingerprint density at radius 2 is 1.88 bits per heavy atom. The Morgan fingerprint density at radius 3 is 2.46 bits per heavy atom. The van der Waals surface area contributed by atoms with Crippen LogP contribution in [0.3, 0.4) is 0 Å². The Hall–Kier alpha value is -3.30. The number of halogens is 3. The van der Waals surface area contributed by atoms with Crippen LogP contribution in [0.5, 0.6) is 11.5 Å². The zero-order chi connectivity index (χ0) is 17.9. The second-order valence-electron chi connectivity index (χ2n) is 4.60. The molecule has 0 spiro atoms. The zero-order valence-electron chi connectivity index (χ0n) is 11.8. The van der Waals surface area contributed by atoms with Crippen LogP contribution in [0.15, 0.2) is 41.5 Å². The third-order valence-corrected chi connectivity index (χ3v) is 2.92. The lowest BCUT2D eigenvalue weighted by Crippen LogP contribution is -2.06. The van der Waals surface area contributed by atoms with E-state index in [2.05, 4.69) is 10.5 Å². The molecule has 0 heterocycles. The van der Waals surface area contributed by atoms with Crippen molar-refractivity contribution in [2.75, 3.05) is 5.43 Å². The van der Waals surface area contributed by atoms with Gasteiger partial charge in [-0.15, -0.1) is 0 Å². The van der Waals surface area contributed by atoms with Gasteiger partial charge in [-0.3, -0.25) is 15.5 Å². The second-order valence-corrected chi connectivity index (χ2v) is 4.60. The number of benzene rings is 2. The van der Waals surface area contributed by atoms with Crippen molar-refractivity contribution in [3.63, 3.8) is 0 Å². The summed E-state index contributed by atoms with van der Waals surface area (Å²) in [5.41, 5.74) is 0.245. The first kappa shape index (κ1) is 17.1. The van der Waals surface area contributed by atoms with Crippen LogP contribution in [-0.4, -0.2) is 21.4 Å². The minimum Gasteiger partial charge on any atom is -0.508 e. The van der Waals surface area contributed by atoms with Crippen molar-refractivity contribution < 1.29 is 28.3 Å². The van der Waals surface area contributed by atoms with Crippen molar-refractivity contribution in [2.45, 2.75) is 6.18 Å². The number of hydrazone groups is 1. The van der Waals surface area contributed by atoms with Gasteiger partial charge in [0.25, 0.3) is 5.69 Å². The molecular formula is C14H10F3N3O4. The number of aromatic hydroxyl groups is 2. The summed E-state index contributed by atoms with van der Waals surface area (Å²) in [6.45, 7) is 0. The molecule has 0 saturated carbocycles. The lowest BCUT2D eigenvalue weighted by atomic mass is 10.1. The summed E-state index contributed by atoms with van der Waals surface area (Å²) < 4.78 is 37.8. The van der Waals surface area contributed by atoms with Gasteiger partial charge in [0, 0.05) is 17.7 Å². The Labute approximate surface area is 132 Å². The summed E-state index contributed by atoms with van der Waals surface area (Å²) in [5.74, 6) is -0.460. The molecule has 0 aliphatic rings. The topological polar surface area (TPSA) is 108 Å². The van der Waals surface area contributed by atoms with Crippen LogP contribution < -0.4 is 5.43 Å². The highest BCUT2D eigenvalue weighted by atomic mass is 19.4. The van der Waals surface area contributed by atoms with E-state index < -0.39 is 22.4 Å². The van der Waals surface area contributed by atoms with E-state index in [1.54, 1.807) is 0 Å². The van der Waals surface area contributed by atoms with Crippen LogP contribution in [-0.2, 0) is 6.18 Å². The van der Waals surface area contributed by atoms with E-state index in [1.807, 2.05) is 0 Å². The Morgan fingerprint density at radius 1 is 1.17 bits per heavy atom. The third-order valence-electron chi connectivity index (χ3n) is 2.92. The van der Waals surface area contributed by atoms with E-state index in [4.69, 9.17) is 5.11 Å². The van der Waals surface area contributed by atoms with Gasteiger partial charge in [0.15, 0.2) is 0 Å². The summed E-state index contributed by atoms with van der Waals surface area (Å²) >= 11 is 0. The Balaban J connectivity index is 2.26. The molecule has 0 aromatic heterocycles. The van der Waals surface area contributed by atoms with E-state index in [1.165, 1.54) is 12.1 Å². The highest BCUT2D eigenvalue weighted by molar-refractivity contribution is 5.84. The third kappa shape index (κ3) is 3.91. The Bertz CT molecular complexity index is 806. The van der Waals surface area contributed by atoms with Crippen LogP contribution in [0.4, 0.5) is 24.5 Å². The molecule has 2 aromatic rings. The zero-order valence-corrected chi connectivity index (χ0v) is 11.8. The summed E-state index contributed by atoms with van der Waals surface area (Å²) in [6.07, 6.45) is -3.61. The van der Waals surface area contributed by atoms with Gasteiger partial charge in [0.2, 0.25) is 0 Å². The molecule has 0 unspecified atom stereocenters. The van der Waals surface area contributed by atoms with Gasteiger partial charge in [-0.05, 0) is 24.3 Å². The van der Waals surface area contributed by atoms with E-state index in [9.17, 15) is 28.4 Å². The number of nitrogens with one attached hydrogen (secondary N) is 1. The summed E-state index contributed by atoms with van der Waals surface area (Å²) in [4.78, 5) is 9.94. The number of hydrogen-bond acceptors (Lipinski definition) is 6. The van der Waals surface area contributed by atoms with Crippen molar-refractivity contribution in [2.24, 2.45) is 5.10 Å². The van der Waals surface area contributed by atoms with Crippen LogP contribution in [0.25, 0.3) is 0 Å². The molecule has 0 aliphatic heterocycles. The number of phenolic OH excluding ortho intramolecular Hbond substituents is 2. The predicted molar refractivity (Wildman–Crippen MR) is 79.1 cm³/mol. The number of anilines is 1. The van der Waals surface area contributed by atoms with Gasteiger partial charge < -0.3 is 10.2 Å². The quantitative estimate of drug-likeness (QED) is 0.448. The number of hydrogen-bond donors (Lipinski definition) is 3. The Kier molecular flexibility index (Phi) is 4.58. The number of rotatable bonds is 4. The lowest BCUT2D eigenvalue weighted by Gasteiger charge is -2.08. The van der Waals surface area contributed by atoms with Crippen molar-refractivity contribution in [1.82, 2.24) is 0 Å². The fourth-order valence-electron chi connectivity index (χ4n) is 1.77. The molecule has 0 bridgehead atoms. The molecule has 0 radical (unpaired) electrons. The molecule has 7 nitrogen and oxygen atoms in total. The van der Waals surface area contributed by atoms with Crippen molar-refractivity contribution in [1.29, 1.82) is 0 Å². The molecule has 0 saturated heterocycles. The molecule has 2 aromatic carbocycles. The van der Waals surface area contributed by atoms with Gasteiger partial charge in [-0.25, -0.2) is 0 Å². The average Bonchev–Trinajstić information content (AvgIpc) is 2.48. The average molecular weight is 341 g/mol. The van der Waals surface area contributed by atoms with Crippen molar-refractivity contribution in [3.8, 4) is 11.5 Å². The smallest absolute Gasteiger partial charge is 0.416 e. The molecule has 24 heavy (non-hydrogen) atoms. The van der Waals surface area contributed by atoms with Crippen LogP contribution in [0.1, 0.15) is 11.1 Å². The molecule has 126 valence electrons. The molecule has 0 aliphatic carbocycles. The first-order chi connectivity index (χ1) is 11.2. The fourth-order valence-corrected chi connectivity index (χ4v) is 1.77. The first-order valence-corrected chi connectivity index (χ1v) is 6.35. The van der Waals surface area contributed by atoms with Gasteiger partial charge in [-0.2, -0.15) is 18.3 Å². The van der Waals surface area contributed by atoms with E-state index in [0.29, 0.717) is 12.1 Å². The summed E-state index contributed by atoms with van der Waals surface area (Å²) in [5, 5.41) is 33.2. The minimum absolute atomic E-state index is 0.170. The number of phenols is 2. The number of nitro benzene ring substituents is 1. The maximum atomic E-state index is 12.6. The minimum atomic E-state index is -4.70. The lowest BCUT2D eigenvalue weighted by molar-refractivity contribution is -0.384. The molecule has 0 atom stereocenters. The molecular weight excluding hydrogens is 331 g/mol. The standard InChI is InChI=1S/C14H10F3N3O4/c15-14(16,17)9-2-4-11(12(5-9)20(23)24)19-18-7-8-1-3-10(21)6-13(8)22/h1-7,19,21-22H/b18-7+. The maximum Gasteiger partial charge on any atom is 0.416 e. The van der Waals surface area contributed by atoms with Crippen LogP contribution >= 0.6 is 0 Å². The van der Waals surface area contributed by atoms with E-state index >= 15 is 0 Å². The first-order valence-electron chi connectivity index (χ1n) is 6.35. The fraction of sp³-hybridized carbons (Fsp3) is 0.0714. The largest absolute Gasteiger partial charge is 0.508 e. The maximum absolute atomic E-state index is 12.6. The number of nitrogens with zero attached hydrogens (tertiary/aromatic N) is 2. The molecule has 2 rings (SSSR count). The SMILES string of the molecule is O=[N+]([O-])c1cc(C(F)(F)F)ccc1N/N=C/c1ccc(O)cc1O. The normalized spacial score (nSPS) is 11.6. The highest BCUT2D eigenvalue weighted by Gasteiger charge is 2.33. The van der Waals surface area contributed by atoms with E-state index in [-0.39, 0.29) is 22.7 Å². The van der Waals surface area contributed by atoms with E-state index in [0.717, 1.165) is 18.3 Å². The van der Waals surface area contributed by atoms with Gasteiger partial charge in [-0.1, -0.05) is 0 Å². The molecule has 3 N–H and O–H groups in total. The van der Waals surface area contributed by atoms with Crippen molar-refractivity contribution >= 4 is 17.6 Å². The second kappa shape index (κ2) is 6.44. The van der Waals surface area contributed by atoms with Crippen LogP contribution in [0, 0.1) is 10.1 Å². The summed E-state index contributed by atoms with van der Waals surface area (Å²) in [6, 6.07) is 5.63. The summed E-state index contributed by atoms with van der Waals surface area (Å²) in [7, 11) is 0. The molecule has 0 fully saturated rings. The van der Waals surface area contributed by atoms with Gasteiger partial charge in [0.05, 0.1) is 16.7 Å².